The molecule has 0 amide bonds. The summed E-state index contributed by atoms with van der Waals surface area (Å²) in [5.74, 6) is -1.65. The summed E-state index contributed by atoms with van der Waals surface area (Å²) in [4.78, 5) is 37.2. The molecule has 2 N–H and O–H groups in total. The number of carbonyl (C=O) groups excluding carboxylic acids is 3. The summed E-state index contributed by atoms with van der Waals surface area (Å²) in [5, 5.41) is 0. The van der Waals surface area contributed by atoms with E-state index in [1.165, 1.54) is 12.1 Å². The molecule has 0 saturated heterocycles. The molecule has 0 spiro atoms. The van der Waals surface area contributed by atoms with E-state index in [1.54, 1.807) is 80.6 Å². The molecule has 0 aliphatic rings. The second-order valence-electron chi connectivity index (χ2n) is 7.59. The van der Waals surface area contributed by atoms with Crippen molar-refractivity contribution >= 4 is 17.9 Å². The molecule has 0 fully saturated rings. The van der Waals surface area contributed by atoms with Crippen molar-refractivity contribution in [1.29, 1.82) is 0 Å². The van der Waals surface area contributed by atoms with E-state index in [0.717, 1.165) is 0 Å². The molecule has 0 heterocycles. The number of ether oxygens (including phenoxy) is 3. The number of carbonyl (C=O) groups is 3. The van der Waals surface area contributed by atoms with Gasteiger partial charge in [0, 0.05) is 0 Å². The SMILES string of the molecule is CC(C)OC(=O)[C@@H](N)Cc1ccc(OC(=O)c2ccccc2)c(OC(=O)c2ccccc2)c1. The van der Waals surface area contributed by atoms with Crippen molar-refractivity contribution in [2.45, 2.75) is 32.4 Å². The van der Waals surface area contributed by atoms with Crippen LogP contribution < -0.4 is 15.2 Å². The smallest absolute Gasteiger partial charge is 0.343 e. The van der Waals surface area contributed by atoms with Gasteiger partial charge in [-0.25, -0.2) is 9.59 Å². The van der Waals surface area contributed by atoms with Crippen molar-refractivity contribution in [2.75, 3.05) is 0 Å². The lowest BCUT2D eigenvalue weighted by Crippen LogP contribution is -2.35. The molecule has 0 bridgehead atoms. The van der Waals surface area contributed by atoms with Crippen LogP contribution in [-0.4, -0.2) is 30.1 Å². The lowest BCUT2D eigenvalue weighted by molar-refractivity contribution is -0.148. The normalized spacial score (nSPS) is 11.5. The number of esters is 3. The van der Waals surface area contributed by atoms with E-state index in [0.29, 0.717) is 16.7 Å². The van der Waals surface area contributed by atoms with Crippen LogP contribution in [0.3, 0.4) is 0 Å². The van der Waals surface area contributed by atoms with Crippen LogP contribution in [0.1, 0.15) is 40.1 Å². The van der Waals surface area contributed by atoms with Gasteiger partial charge < -0.3 is 19.9 Å². The molecule has 1 atom stereocenters. The Hall–Kier alpha value is -3.97. The summed E-state index contributed by atoms with van der Waals surface area (Å²) in [6.07, 6.45) is -0.139. The zero-order chi connectivity index (χ0) is 23.8. The second kappa shape index (κ2) is 11.1. The maximum atomic E-state index is 12.6. The molecule has 0 aromatic heterocycles. The third kappa shape index (κ3) is 6.75. The van der Waals surface area contributed by atoms with Crippen LogP contribution in [0.5, 0.6) is 11.5 Å². The number of rotatable bonds is 8. The Balaban J connectivity index is 1.85. The van der Waals surface area contributed by atoms with Crippen molar-refractivity contribution < 1.29 is 28.6 Å². The zero-order valence-corrected chi connectivity index (χ0v) is 18.4. The van der Waals surface area contributed by atoms with Gasteiger partial charge in [0.25, 0.3) is 0 Å². The summed E-state index contributed by atoms with van der Waals surface area (Å²) in [5.41, 5.74) is 7.26. The Labute approximate surface area is 192 Å². The Morgan fingerprint density at radius 1 is 0.758 bits per heavy atom. The highest BCUT2D eigenvalue weighted by Gasteiger charge is 2.20. The van der Waals surface area contributed by atoms with Crippen LogP contribution >= 0.6 is 0 Å². The molecular formula is C26H25NO6. The number of hydrogen-bond donors (Lipinski definition) is 1. The first-order chi connectivity index (χ1) is 15.8. The standard InChI is InChI=1S/C26H25NO6/c1-17(2)31-26(30)21(27)15-18-13-14-22(32-24(28)19-9-5-3-6-10-19)23(16-18)33-25(29)20-11-7-4-8-12-20/h3-14,16-17,21H,15,27H2,1-2H3/t21-/m0/s1. The van der Waals surface area contributed by atoms with Crippen molar-refractivity contribution in [3.05, 3.63) is 95.6 Å². The fourth-order valence-corrected chi connectivity index (χ4v) is 2.97. The number of hydrogen-bond acceptors (Lipinski definition) is 7. The topological polar surface area (TPSA) is 105 Å². The van der Waals surface area contributed by atoms with E-state index < -0.39 is 23.9 Å². The molecule has 0 unspecified atom stereocenters. The molecule has 170 valence electrons. The molecule has 3 rings (SSSR count). The van der Waals surface area contributed by atoms with Gasteiger partial charge in [-0.15, -0.1) is 0 Å². The van der Waals surface area contributed by atoms with E-state index in [1.807, 2.05) is 0 Å². The maximum Gasteiger partial charge on any atom is 0.343 e. The Morgan fingerprint density at radius 2 is 1.27 bits per heavy atom. The highest BCUT2D eigenvalue weighted by Crippen LogP contribution is 2.30. The summed E-state index contributed by atoms with van der Waals surface area (Å²) in [6.45, 7) is 3.48. The minimum atomic E-state index is -0.900. The molecule has 0 radical (unpaired) electrons. The van der Waals surface area contributed by atoms with Gasteiger partial charge >= 0.3 is 17.9 Å². The maximum absolute atomic E-state index is 12.6. The summed E-state index contributed by atoms with van der Waals surface area (Å²) < 4.78 is 16.2. The minimum absolute atomic E-state index is 0.0371. The fourth-order valence-electron chi connectivity index (χ4n) is 2.97. The van der Waals surface area contributed by atoms with Crippen LogP contribution in [0.25, 0.3) is 0 Å². The molecule has 33 heavy (non-hydrogen) atoms. The van der Waals surface area contributed by atoms with Gasteiger partial charge in [0.15, 0.2) is 11.5 Å². The predicted octanol–water partition coefficient (Wildman–Crippen LogP) is 3.95. The Morgan fingerprint density at radius 3 is 1.79 bits per heavy atom. The number of nitrogens with two attached hydrogens (primary N) is 1. The molecule has 3 aromatic rings. The van der Waals surface area contributed by atoms with Crippen molar-refractivity contribution in [3.8, 4) is 11.5 Å². The van der Waals surface area contributed by atoms with Gasteiger partial charge in [-0.05, 0) is 62.2 Å². The molecule has 3 aromatic carbocycles. The third-order valence-corrected chi connectivity index (χ3v) is 4.54. The number of benzene rings is 3. The quantitative estimate of drug-likeness (QED) is 0.412. The van der Waals surface area contributed by atoms with Crippen molar-refractivity contribution in [2.24, 2.45) is 5.73 Å². The largest absolute Gasteiger partial charge is 0.462 e. The van der Waals surface area contributed by atoms with Gasteiger partial charge in [0.05, 0.1) is 17.2 Å². The predicted molar refractivity (Wildman–Crippen MR) is 122 cm³/mol. The van der Waals surface area contributed by atoms with Crippen LogP contribution in [0, 0.1) is 0 Å². The average Bonchev–Trinajstić information content (AvgIpc) is 2.81. The average molecular weight is 447 g/mol. The van der Waals surface area contributed by atoms with Crippen LogP contribution in [0.4, 0.5) is 0 Å². The van der Waals surface area contributed by atoms with Crippen LogP contribution in [0.2, 0.25) is 0 Å². The van der Waals surface area contributed by atoms with E-state index in [2.05, 4.69) is 0 Å². The van der Waals surface area contributed by atoms with E-state index in [9.17, 15) is 14.4 Å². The van der Waals surface area contributed by atoms with Crippen LogP contribution in [-0.2, 0) is 16.0 Å². The molecule has 0 saturated carbocycles. The highest BCUT2D eigenvalue weighted by atomic mass is 16.6. The summed E-state index contributed by atoms with van der Waals surface area (Å²) in [6, 6.07) is 20.7. The lowest BCUT2D eigenvalue weighted by atomic mass is 10.1. The summed E-state index contributed by atoms with van der Waals surface area (Å²) >= 11 is 0. The second-order valence-corrected chi connectivity index (χ2v) is 7.59. The first-order valence-electron chi connectivity index (χ1n) is 10.5. The van der Waals surface area contributed by atoms with Gasteiger partial charge in [-0.3, -0.25) is 4.79 Å². The molecule has 7 heteroatoms. The van der Waals surface area contributed by atoms with Gasteiger partial charge in [0.1, 0.15) is 6.04 Å². The van der Waals surface area contributed by atoms with Crippen molar-refractivity contribution in [1.82, 2.24) is 0 Å². The lowest BCUT2D eigenvalue weighted by Gasteiger charge is -2.16. The highest BCUT2D eigenvalue weighted by molar-refractivity contribution is 5.93. The van der Waals surface area contributed by atoms with Gasteiger partial charge in [-0.2, -0.15) is 0 Å². The third-order valence-electron chi connectivity index (χ3n) is 4.54. The Kier molecular flexibility index (Phi) is 7.94. The molecule has 7 nitrogen and oxygen atoms in total. The molecule has 0 aliphatic heterocycles. The minimum Gasteiger partial charge on any atom is -0.462 e. The molecule has 0 aliphatic carbocycles. The van der Waals surface area contributed by atoms with E-state index in [4.69, 9.17) is 19.9 Å². The van der Waals surface area contributed by atoms with E-state index in [-0.39, 0.29) is 24.0 Å². The van der Waals surface area contributed by atoms with E-state index >= 15 is 0 Å². The monoisotopic (exact) mass is 447 g/mol. The zero-order valence-electron chi connectivity index (χ0n) is 18.4. The fraction of sp³-hybridized carbons (Fsp3) is 0.192. The summed E-state index contributed by atoms with van der Waals surface area (Å²) in [7, 11) is 0. The Bertz CT molecular complexity index is 1110. The van der Waals surface area contributed by atoms with Gasteiger partial charge in [0.2, 0.25) is 0 Å². The first-order valence-corrected chi connectivity index (χ1v) is 10.5. The van der Waals surface area contributed by atoms with Crippen molar-refractivity contribution in [3.63, 3.8) is 0 Å². The molecular weight excluding hydrogens is 422 g/mol. The van der Waals surface area contributed by atoms with Gasteiger partial charge in [-0.1, -0.05) is 42.5 Å². The first kappa shape index (κ1) is 23.7. The van der Waals surface area contributed by atoms with Crippen LogP contribution in [0.15, 0.2) is 78.9 Å².